The van der Waals surface area contributed by atoms with E-state index in [1.165, 1.54) is 44.9 Å². The van der Waals surface area contributed by atoms with Crippen LogP contribution >= 0.6 is 0 Å². The topological polar surface area (TPSA) is 3.24 Å². The molecular weight excluding hydrogens is 206 g/mol. The van der Waals surface area contributed by atoms with Crippen LogP contribution in [0.15, 0.2) is 0 Å². The second-order valence-electron chi connectivity index (χ2n) is 6.86. The van der Waals surface area contributed by atoms with Crippen molar-refractivity contribution in [1.82, 2.24) is 4.90 Å². The highest BCUT2D eigenvalue weighted by Gasteiger charge is 2.37. The van der Waals surface area contributed by atoms with Gasteiger partial charge in [-0.25, -0.2) is 0 Å². The average molecular weight is 241 g/mol. The first kappa shape index (κ1) is 17.0. The fourth-order valence-corrected chi connectivity index (χ4v) is 2.26. The molecule has 0 aromatic carbocycles. The third-order valence-corrected chi connectivity index (χ3v) is 4.93. The summed E-state index contributed by atoms with van der Waals surface area (Å²) in [5.74, 6) is 0. The molecule has 0 heterocycles. The van der Waals surface area contributed by atoms with Gasteiger partial charge in [-0.05, 0) is 39.8 Å². The van der Waals surface area contributed by atoms with Crippen molar-refractivity contribution in [3.05, 3.63) is 0 Å². The van der Waals surface area contributed by atoms with Crippen LogP contribution in [0.5, 0.6) is 0 Å². The van der Waals surface area contributed by atoms with Gasteiger partial charge in [0, 0.05) is 5.54 Å². The van der Waals surface area contributed by atoms with E-state index in [0.717, 1.165) is 0 Å². The summed E-state index contributed by atoms with van der Waals surface area (Å²) < 4.78 is 0. The maximum atomic E-state index is 2.42. The molecule has 0 spiro atoms. The molecule has 0 saturated heterocycles. The zero-order valence-corrected chi connectivity index (χ0v) is 13.4. The Balaban J connectivity index is 3.93. The normalized spacial score (nSPS) is 13.4. The Morgan fingerprint density at radius 2 is 1.24 bits per heavy atom. The molecule has 0 bridgehead atoms. The minimum absolute atomic E-state index is 0.274. The lowest BCUT2D eigenvalue weighted by atomic mass is 9.70. The van der Waals surface area contributed by atoms with Crippen LogP contribution < -0.4 is 0 Å². The summed E-state index contributed by atoms with van der Waals surface area (Å²) in [6.07, 6.45) is 9.73. The second-order valence-corrected chi connectivity index (χ2v) is 6.86. The van der Waals surface area contributed by atoms with Crippen molar-refractivity contribution in [1.29, 1.82) is 0 Å². The van der Waals surface area contributed by atoms with Crippen molar-refractivity contribution in [3.8, 4) is 0 Å². The van der Waals surface area contributed by atoms with Crippen molar-refractivity contribution in [3.63, 3.8) is 0 Å². The molecule has 0 aliphatic carbocycles. The SMILES string of the molecule is CCCCCCCCC(C)(C)C(C)(C)N(C)C. The van der Waals surface area contributed by atoms with Gasteiger partial charge in [0.15, 0.2) is 0 Å². The minimum Gasteiger partial charge on any atom is -0.304 e. The molecule has 0 aliphatic rings. The molecule has 0 atom stereocenters. The first-order valence-corrected chi connectivity index (χ1v) is 7.43. The molecule has 0 rings (SSSR count). The Bertz CT molecular complexity index is 192. The van der Waals surface area contributed by atoms with Crippen molar-refractivity contribution >= 4 is 0 Å². The van der Waals surface area contributed by atoms with E-state index < -0.39 is 0 Å². The Labute approximate surface area is 110 Å². The molecule has 1 nitrogen and oxygen atoms in total. The molecule has 17 heavy (non-hydrogen) atoms. The molecule has 0 aromatic heterocycles. The fourth-order valence-electron chi connectivity index (χ4n) is 2.26. The van der Waals surface area contributed by atoms with Gasteiger partial charge in [-0.2, -0.15) is 0 Å². The molecule has 0 radical (unpaired) electrons. The van der Waals surface area contributed by atoms with Crippen LogP contribution in [0.3, 0.4) is 0 Å². The van der Waals surface area contributed by atoms with Gasteiger partial charge in [0.25, 0.3) is 0 Å². The molecule has 104 valence electrons. The summed E-state index contributed by atoms with van der Waals surface area (Å²) >= 11 is 0. The van der Waals surface area contributed by atoms with E-state index in [1.54, 1.807) is 0 Å². The van der Waals surface area contributed by atoms with Crippen LogP contribution in [-0.2, 0) is 0 Å². The molecule has 0 aromatic rings. The zero-order valence-electron chi connectivity index (χ0n) is 13.4. The standard InChI is InChI=1S/C16H35N/c1-8-9-10-11-12-13-14-15(2,3)16(4,5)17(6)7/h8-14H2,1-7H3. The number of hydrogen-bond donors (Lipinski definition) is 0. The maximum Gasteiger partial charge on any atom is 0.0198 e. The van der Waals surface area contributed by atoms with E-state index in [2.05, 4.69) is 53.6 Å². The van der Waals surface area contributed by atoms with E-state index in [1.807, 2.05) is 0 Å². The van der Waals surface area contributed by atoms with E-state index in [0.29, 0.717) is 5.41 Å². The third kappa shape index (κ3) is 5.42. The maximum absolute atomic E-state index is 2.42. The Hall–Kier alpha value is -0.0400. The van der Waals surface area contributed by atoms with Crippen LogP contribution in [0.2, 0.25) is 0 Å². The van der Waals surface area contributed by atoms with E-state index >= 15 is 0 Å². The third-order valence-electron chi connectivity index (χ3n) is 4.93. The van der Waals surface area contributed by atoms with Crippen molar-refractivity contribution in [2.24, 2.45) is 5.41 Å². The number of hydrogen-bond acceptors (Lipinski definition) is 1. The van der Waals surface area contributed by atoms with Crippen molar-refractivity contribution in [2.75, 3.05) is 14.1 Å². The Morgan fingerprint density at radius 3 is 1.71 bits per heavy atom. The molecule has 0 N–H and O–H groups in total. The number of unbranched alkanes of at least 4 members (excludes halogenated alkanes) is 5. The van der Waals surface area contributed by atoms with Gasteiger partial charge in [-0.15, -0.1) is 0 Å². The predicted molar refractivity (Wildman–Crippen MR) is 79.5 cm³/mol. The van der Waals surface area contributed by atoms with Gasteiger partial charge in [-0.3, -0.25) is 0 Å². The smallest absolute Gasteiger partial charge is 0.0198 e. The average Bonchev–Trinajstić information content (AvgIpc) is 2.22. The summed E-state index contributed by atoms with van der Waals surface area (Å²) in [6.45, 7) is 11.8. The molecule has 0 fully saturated rings. The molecule has 0 amide bonds. The van der Waals surface area contributed by atoms with Gasteiger partial charge >= 0.3 is 0 Å². The van der Waals surface area contributed by atoms with Crippen LogP contribution in [0, 0.1) is 5.41 Å². The highest BCUT2D eigenvalue weighted by molar-refractivity contribution is 4.92. The van der Waals surface area contributed by atoms with Crippen molar-refractivity contribution in [2.45, 2.75) is 85.1 Å². The van der Waals surface area contributed by atoms with Gasteiger partial charge in [0.1, 0.15) is 0 Å². The first-order chi connectivity index (χ1) is 7.75. The largest absolute Gasteiger partial charge is 0.304 e. The predicted octanol–water partition coefficient (Wildman–Crippen LogP) is 5.10. The van der Waals surface area contributed by atoms with Crippen LogP contribution in [0.4, 0.5) is 0 Å². The van der Waals surface area contributed by atoms with Crippen molar-refractivity contribution < 1.29 is 0 Å². The monoisotopic (exact) mass is 241 g/mol. The molecule has 1 heteroatoms. The van der Waals surface area contributed by atoms with Gasteiger partial charge in [-0.1, -0.05) is 59.3 Å². The van der Waals surface area contributed by atoms with Gasteiger partial charge < -0.3 is 4.90 Å². The zero-order chi connectivity index (χ0) is 13.5. The lowest BCUT2D eigenvalue weighted by Crippen LogP contribution is -2.50. The summed E-state index contributed by atoms with van der Waals surface area (Å²) in [5, 5.41) is 0. The first-order valence-electron chi connectivity index (χ1n) is 7.43. The molecule has 0 unspecified atom stereocenters. The Kier molecular flexibility index (Phi) is 7.39. The second kappa shape index (κ2) is 7.41. The minimum atomic E-state index is 0.274. The quantitative estimate of drug-likeness (QED) is 0.507. The molecule has 0 aliphatic heterocycles. The number of rotatable bonds is 9. The summed E-state index contributed by atoms with van der Waals surface area (Å²) in [7, 11) is 4.39. The molecular formula is C16H35N. The van der Waals surface area contributed by atoms with E-state index in [4.69, 9.17) is 0 Å². The van der Waals surface area contributed by atoms with Crippen LogP contribution in [0.1, 0.15) is 79.6 Å². The highest BCUT2D eigenvalue weighted by atomic mass is 15.1. The Morgan fingerprint density at radius 1 is 0.765 bits per heavy atom. The lowest BCUT2D eigenvalue weighted by Gasteiger charge is -2.47. The van der Waals surface area contributed by atoms with Gasteiger partial charge in [0.05, 0.1) is 0 Å². The lowest BCUT2D eigenvalue weighted by molar-refractivity contribution is 0.0416. The number of nitrogens with zero attached hydrogens (tertiary/aromatic N) is 1. The summed E-state index contributed by atoms with van der Waals surface area (Å²) in [4.78, 5) is 2.37. The summed E-state index contributed by atoms with van der Waals surface area (Å²) in [5.41, 5.74) is 0.664. The van der Waals surface area contributed by atoms with E-state index in [-0.39, 0.29) is 5.54 Å². The highest BCUT2D eigenvalue weighted by Crippen LogP contribution is 2.38. The molecule has 0 saturated carbocycles. The van der Waals surface area contributed by atoms with Crippen LogP contribution in [0.25, 0.3) is 0 Å². The van der Waals surface area contributed by atoms with E-state index in [9.17, 15) is 0 Å². The van der Waals surface area contributed by atoms with Crippen LogP contribution in [-0.4, -0.2) is 24.5 Å². The summed E-state index contributed by atoms with van der Waals surface area (Å²) in [6, 6.07) is 0. The fraction of sp³-hybridized carbons (Fsp3) is 1.00. The van der Waals surface area contributed by atoms with Gasteiger partial charge in [0.2, 0.25) is 0 Å².